The molecule has 1 atom stereocenters. The van der Waals surface area contributed by atoms with Crippen LogP contribution in [0.3, 0.4) is 0 Å². The standard InChI is InChI=1S/C55H33N5OS/c1-2-14-33-29-47-42(27-32(33)13-1)38-17-5-8-20-44(38)59(47)48-30-35(28-43-39-18-6-11-23-49(39)61-52(43)48)54-56-53(34-25-26-41-40-19-7-12-24-50(40)62-51(41)31-34)57-55(58-54)60-45-21-9-3-15-36(45)37-16-4-10-22-46(37)60/h1-31,55H,(H,56,57,58). The van der Waals surface area contributed by atoms with Crippen LogP contribution >= 0.6 is 11.3 Å². The molecule has 1 unspecified atom stereocenters. The zero-order valence-electron chi connectivity index (χ0n) is 33.1. The van der Waals surface area contributed by atoms with E-state index in [2.05, 4.69) is 196 Å². The quantitative estimate of drug-likeness (QED) is 0.192. The smallest absolute Gasteiger partial charge is 0.204 e. The Balaban J connectivity index is 1.06. The Hall–Kier alpha value is -8.00. The van der Waals surface area contributed by atoms with Gasteiger partial charge in [0.2, 0.25) is 6.29 Å². The molecule has 0 amide bonds. The Kier molecular flexibility index (Phi) is 6.95. The van der Waals surface area contributed by atoms with E-state index < -0.39 is 6.29 Å². The van der Waals surface area contributed by atoms with Crippen molar-refractivity contribution in [3.05, 3.63) is 199 Å². The summed E-state index contributed by atoms with van der Waals surface area (Å²) in [4.78, 5) is 11.0. The molecule has 0 spiro atoms. The van der Waals surface area contributed by atoms with Gasteiger partial charge >= 0.3 is 0 Å². The van der Waals surface area contributed by atoms with Crippen LogP contribution in [0.5, 0.6) is 0 Å². The number of rotatable bonds is 4. The number of nitrogens with one attached hydrogen (secondary N) is 1. The molecule has 13 aromatic rings. The van der Waals surface area contributed by atoms with Gasteiger partial charge in [0.25, 0.3) is 0 Å². The maximum atomic E-state index is 6.86. The summed E-state index contributed by atoms with van der Waals surface area (Å²) in [6.07, 6.45) is -0.500. The van der Waals surface area contributed by atoms with Gasteiger partial charge in [-0.2, -0.15) is 0 Å². The van der Waals surface area contributed by atoms with Crippen LogP contribution < -0.4 is 5.32 Å². The zero-order valence-corrected chi connectivity index (χ0v) is 33.9. The van der Waals surface area contributed by atoms with Crippen LogP contribution in [0.1, 0.15) is 17.4 Å². The lowest BCUT2D eigenvalue weighted by molar-refractivity contribution is 0.516. The van der Waals surface area contributed by atoms with Gasteiger partial charge in [0.15, 0.2) is 11.4 Å². The van der Waals surface area contributed by atoms with Crippen molar-refractivity contribution in [1.82, 2.24) is 14.5 Å². The number of furan rings is 1. The number of aromatic nitrogens is 2. The summed E-state index contributed by atoms with van der Waals surface area (Å²) in [5, 5.41) is 15.5. The van der Waals surface area contributed by atoms with Gasteiger partial charge in [-0.05, 0) is 71.4 Å². The number of fused-ring (bicyclic) bond motifs is 13. The largest absolute Gasteiger partial charge is 0.454 e. The molecule has 9 aromatic carbocycles. The fourth-order valence-corrected chi connectivity index (χ4v) is 11.1. The van der Waals surface area contributed by atoms with Crippen LogP contribution in [0, 0.1) is 0 Å². The van der Waals surface area contributed by atoms with Crippen molar-refractivity contribution in [3.63, 3.8) is 0 Å². The van der Waals surface area contributed by atoms with Crippen molar-refractivity contribution in [3.8, 4) is 5.69 Å². The number of hydrogen-bond acceptors (Lipinski definition) is 5. The maximum absolute atomic E-state index is 6.86. The van der Waals surface area contributed by atoms with Crippen molar-refractivity contribution in [2.75, 3.05) is 0 Å². The first-order valence-corrected chi connectivity index (χ1v) is 21.7. The van der Waals surface area contributed by atoms with Gasteiger partial charge < -0.3 is 18.9 Å². The van der Waals surface area contributed by atoms with E-state index in [0.29, 0.717) is 5.84 Å². The Morgan fingerprint density at radius 1 is 0.468 bits per heavy atom. The fourth-order valence-electron chi connectivity index (χ4n) is 9.95. The predicted octanol–water partition coefficient (Wildman–Crippen LogP) is 14.3. The summed E-state index contributed by atoms with van der Waals surface area (Å²) in [5.74, 6) is 1.41. The van der Waals surface area contributed by atoms with E-state index in [1.54, 1.807) is 0 Å². The average Bonchev–Trinajstić information content (AvgIpc) is 4.08. The Bertz CT molecular complexity index is 4050. The first-order valence-electron chi connectivity index (χ1n) is 20.9. The molecule has 1 N–H and O–H groups in total. The van der Waals surface area contributed by atoms with Crippen molar-refractivity contribution in [2.45, 2.75) is 6.29 Å². The molecule has 6 nitrogen and oxygen atoms in total. The highest BCUT2D eigenvalue weighted by Gasteiger charge is 2.27. The molecule has 0 fully saturated rings. The minimum atomic E-state index is -0.500. The SMILES string of the molecule is c1ccc2cc3c(cc2c1)c1ccccc1n3-c1cc(C2=NC(n3c4ccccc4c4ccccc43)NC(c3ccc4c(c3)sc3ccccc34)=N2)cc2c1oc1ccccc12. The lowest BCUT2D eigenvalue weighted by Crippen LogP contribution is -2.36. The monoisotopic (exact) mass is 811 g/mol. The zero-order chi connectivity index (χ0) is 40.5. The van der Waals surface area contributed by atoms with Crippen molar-refractivity contribution < 1.29 is 4.42 Å². The van der Waals surface area contributed by atoms with E-state index in [1.807, 2.05) is 17.4 Å². The number of nitrogens with zero attached hydrogens (tertiary/aromatic N) is 4. The van der Waals surface area contributed by atoms with Crippen LogP contribution in [0.15, 0.2) is 202 Å². The number of aliphatic imine (C=N–C) groups is 2. The van der Waals surface area contributed by atoms with Crippen LogP contribution in [-0.4, -0.2) is 20.8 Å². The molecule has 7 heteroatoms. The molecule has 14 rings (SSSR count). The van der Waals surface area contributed by atoms with Crippen LogP contribution in [0.25, 0.3) is 102 Å². The maximum Gasteiger partial charge on any atom is 0.204 e. The van der Waals surface area contributed by atoms with Gasteiger partial charge in [-0.25, -0.2) is 9.98 Å². The number of hydrogen-bond donors (Lipinski definition) is 1. The van der Waals surface area contributed by atoms with Gasteiger partial charge in [-0.15, -0.1) is 11.3 Å². The van der Waals surface area contributed by atoms with Crippen molar-refractivity contribution >= 4 is 120 Å². The Labute approximate surface area is 357 Å². The molecule has 0 saturated heterocycles. The molecule has 62 heavy (non-hydrogen) atoms. The summed E-state index contributed by atoms with van der Waals surface area (Å²) in [7, 11) is 0. The lowest BCUT2D eigenvalue weighted by atomic mass is 10.1. The van der Waals surface area contributed by atoms with E-state index in [-0.39, 0.29) is 0 Å². The van der Waals surface area contributed by atoms with E-state index in [4.69, 9.17) is 14.4 Å². The predicted molar refractivity (Wildman–Crippen MR) is 260 cm³/mol. The molecular weight excluding hydrogens is 779 g/mol. The topological polar surface area (TPSA) is 59.8 Å². The molecule has 0 aliphatic carbocycles. The highest BCUT2D eigenvalue weighted by molar-refractivity contribution is 7.25. The molecular formula is C55H33N5OS. The van der Waals surface area contributed by atoms with E-state index in [9.17, 15) is 0 Å². The number of amidine groups is 2. The molecule has 1 aliphatic rings. The number of para-hydroxylation sites is 4. The first kappa shape index (κ1) is 33.8. The second-order valence-electron chi connectivity index (χ2n) is 16.2. The van der Waals surface area contributed by atoms with E-state index >= 15 is 0 Å². The van der Waals surface area contributed by atoms with Gasteiger partial charge in [0, 0.05) is 63.6 Å². The number of thiophene rings is 1. The third kappa shape index (κ3) is 4.85. The van der Waals surface area contributed by atoms with Gasteiger partial charge in [-0.1, -0.05) is 127 Å². The highest BCUT2D eigenvalue weighted by atomic mass is 32.1. The van der Waals surface area contributed by atoms with E-state index in [0.717, 1.165) is 66.7 Å². The summed E-state index contributed by atoms with van der Waals surface area (Å²) in [5.41, 5.74) is 8.92. The molecule has 4 aromatic heterocycles. The third-order valence-electron chi connectivity index (χ3n) is 12.7. The molecule has 290 valence electrons. The molecule has 1 aliphatic heterocycles. The second kappa shape index (κ2) is 12.8. The lowest BCUT2D eigenvalue weighted by Gasteiger charge is -2.26. The van der Waals surface area contributed by atoms with Crippen molar-refractivity contribution in [1.29, 1.82) is 0 Å². The third-order valence-corrected chi connectivity index (χ3v) is 13.9. The van der Waals surface area contributed by atoms with Crippen LogP contribution in [-0.2, 0) is 0 Å². The average molecular weight is 812 g/mol. The first-order chi connectivity index (χ1) is 30.7. The molecule has 5 heterocycles. The summed E-state index contributed by atoms with van der Waals surface area (Å²) < 4.78 is 14.0. The summed E-state index contributed by atoms with van der Waals surface area (Å²) in [6, 6.07) is 67.2. The van der Waals surface area contributed by atoms with E-state index in [1.165, 1.54) is 52.5 Å². The van der Waals surface area contributed by atoms with Crippen LogP contribution in [0.2, 0.25) is 0 Å². The van der Waals surface area contributed by atoms with Gasteiger partial charge in [-0.3, -0.25) is 0 Å². The Morgan fingerprint density at radius 2 is 1.10 bits per heavy atom. The van der Waals surface area contributed by atoms with Gasteiger partial charge in [0.1, 0.15) is 11.4 Å². The Morgan fingerprint density at radius 3 is 1.89 bits per heavy atom. The van der Waals surface area contributed by atoms with Crippen LogP contribution in [0.4, 0.5) is 0 Å². The van der Waals surface area contributed by atoms with Gasteiger partial charge in [0.05, 0.1) is 27.8 Å². The summed E-state index contributed by atoms with van der Waals surface area (Å²) >= 11 is 1.81. The summed E-state index contributed by atoms with van der Waals surface area (Å²) in [6.45, 7) is 0. The second-order valence-corrected chi connectivity index (χ2v) is 17.3. The highest BCUT2D eigenvalue weighted by Crippen LogP contribution is 2.41. The van der Waals surface area contributed by atoms with Crippen molar-refractivity contribution in [2.24, 2.45) is 9.98 Å². The molecule has 0 bridgehead atoms. The fraction of sp³-hybridized carbons (Fsp3) is 0.0182. The minimum absolute atomic E-state index is 0.500. The molecule has 0 saturated carbocycles. The number of benzene rings is 9. The molecule has 0 radical (unpaired) electrons. The minimum Gasteiger partial charge on any atom is -0.454 e. The normalized spacial score (nSPS) is 14.6.